The smallest absolute Gasteiger partial charge is 0.265 e. The van der Waals surface area contributed by atoms with Gasteiger partial charge in [-0.15, -0.1) is 0 Å². The van der Waals surface area contributed by atoms with Gasteiger partial charge in [-0.05, 0) is 31.2 Å². The summed E-state index contributed by atoms with van der Waals surface area (Å²) >= 11 is 0. The Morgan fingerprint density at radius 1 is 1.11 bits per heavy atom. The SMILES string of the molecule is Cc1ccc(OCCN2CC(C(=O)N3CCOCC3)Oc3ccccc32)cc1. The Labute approximate surface area is 165 Å². The third-order valence-electron chi connectivity index (χ3n) is 5.11. The lowest BCUT2D eigenvalue weighted by molar-refractivity contribution is -0.142. The molecule has 0 radical (unpaired) electrons. The van der Waals surface area contributed by atoms with Crippen LogP contribution in [-0.2, 0) is 9.53 Å². The Morgan fingerprint density at radius 2 is 1.86 bits per heavy atom. The van der Waals surface area contributed by atoms with Crippen LogP contribution in [-0.4, -0.2) is 62.9 Å². The van der Waals surface area contributed by atoms with Gasteiger partial charge in [0.1, 0.15) is 18.1 Å². The number of nitrogens with zero attached hydrogens (tertiary/aromatic N) is 2. The van der Waals surface area contributed by atoms with E-state index < -0.39 is 6.10 Å². The fourth-order valence-electron chi connectivity index (χ4n) is 3.54. The minimum Gasteiger partial charge on any atom is -0.492 e. The van der Waals surface area contributed by atoms with Crippen molar-refractivity contribution in [3.8, 4) is 11.5 Å². The molecule has 6 heteroatoms. The summed E-state index contributed by atoms with van der Waals surface area (Å²) in [5, 5.41) is 0. The number of rotatable bonds is 5. The number of anilines is 1. The van der Waals surface area contributed by atoms with Crippen molar-refractivity contribution in [1.29, 1.82) is 0 Å². The van der Waals surface area contributed by atoms with Crippen molar-refractivity contribution in [3.05, 3.63) is 54.1 Å². The summed E-state index contributed by atoms with van der Waals surface area (Å²) in [6.45, 7) is 6.21. The number of ether oxygens (including phenoxy) is 3. The molecular formula is C22H26N2O4. The maximum absolute atomic E-state index is 12.9. The van der Waals surface area contributed by atoms with E-state index in [9.17, 15) is 4.79 Å². The molecular weight excluding hydrogens is 356 g/mol. The summed E-state index contributed by atoms with van der Waals surface area (Å²) in [5.41, 5.74) is 2.21. The van der Waals surface area contributed by atoms with Gasteiger partial charge < -0.3 is 24.0 Å². The van der Waals surface area contributed by atoms with Crippen molar-refractivity contribution in [2.45, 2.75) is 13.0 Å². The van der Waals surface area contributed by atoms with Gasteiger partial charge in [0.15, 0.2) is 6.10 Å². The monoisotopic (exact) mass is 382 g/mol. The van der Waals surface area contributed by atoms with E-state index in [-0.39, 0.29) is 5.91 Å². The number of carbonyl (C=O) groups is 1. The number of fused-ring (bicyclic) bond motifs is 1. The van der Waals surface area contributed by atoms with Crippen molar-refractivity contribution >= 4 is 11.6 Å². The molecule has 2 aliphatic heterocycles. The molecule has 0 aliphatic carbocycles. The highest BCUT2D eigenvalue weighted by Gasteiger charge is 2.33. The van der Waals surface area contributed by atoms with E-state index in [1.807, 2.05) is 53.4 Å². The number of morpholine rings is 1. The number of amides is 1. The molecule has 0 N–H and O–H groups in total. The Balaban J connectivity index is 1.42. The summed E-state index contributed by atoms with van der Waals surface area (Å²) in [4.78, 5) is 16.9. The molecule has 2 aromatic carbocycles. The lowest BCUT2D eigenvalue weighted by Crippen LogP contribution is -2.53. The van der Waals surface area contributed by atoms with Crippen molar-refractivity contribution in [1.82, 2.24) is 4.90 Å². The number of hydrogen-bond donors (Lipinski definition) is 0. The third-order valence-corrected chi connectivity index (χ3v) is 5.11. The highest BCUT2D eigenvalue weighted by atomic mass is 16.5. The Bertz CT molecular complexity index is 802. The molecule has 2 aliphatic rings. The first-order valence-corrected chi connectivity index (χ1v) is 9.77. The molecule has 2 aromatic rings. The summed E-state index contributed by atoms with van der Waals surface area (Å²) in [6, 6.07) is 15.9. The van der Waals surface area contributed by atoms with Gasteiger partial charge in [-0.25, -0.2) is 0 Å². The van der Waals surface area contributed by atoms with Crippen LogP contribution in [0.4, 0.5) is 5.69 Å². The average Bonchev–Trinajstić information content (AvgIpc) is 2.75. The van der Waals surface area contributed by atoms with E-state index in [0.717, 1.165) is 17.2 Å². The molecule has 148 valence electrons. The van der Waals surface area contributed by atoms with Crippen LogP contribution >= 0.6 is 0 Å². The molecule has 1 saturated heterocycles. The topological polar surface area (TPSA) is 51.2 Å². The van der Waals surface area contributed by atoms with Crippen LogP contribution in [0.2, 0.25) is 0 Å². The Hall–Kier alpha value is -2.73. The second-order valence-corrected chi connectivity index (χ2v) is 7.12. The number of aryl methyl sites for hydroxylation is 1. The normalized spacial score (nSPS) is 19.0. The molecule has 0 aromatic heterocycles. The first-order chi connectivity index (χ1) is 13.7. The molecule has 4 rings (SSSR count). The molecule has 1 unspecified atom stereocenters. The molecule has 0 saturated carbocycles. The quantitative estimate of drug-likeness (QED) is 0.795. The molecule has 1 fully saturated rings. The predicted octanol–water partition coefficient (Wildman–Crippen LogP) is 2.50. The van der Waals surface area contributed by atoms with Crippen LogP contribution in [0, 0.1) is 6.92 Å². The minimum atomic E-state index is -0.507. The predicted molar refractivity (Wildman–Crippen MR) is 107 cm³/mol. The first kappa shape index (κ1) is 18.6. The largest absolute Gasteiger partial charge is 0.492 e. The molecule has 0 bridgehead atoms. The van der Waals surface area contributed by atoms with Crippen LogP contribution in [0.15, 0.2) is 48.5 Å². The lowest BCUT2D eigenvalue weighted by Gasteiger charge is -2.38. The van der Waals surface area contributed by atoms with Gasteiger partial charge in [-0.3, -0.25) is 4.79 Å². The second kappa shape index (κ2) is 8.52. The number of para-hydroxylation sites is 2. The van der Waals surface area contributed by atoms with Crippen LogP contribution in [0.25, 0.3) is 0 Å². The lowest BCUT2D eigenvalue weighted by atomic mass is 10.1. The van der Waals surface area contributed by atoms with Crippen molar-refractivity contribution < 1.29 is 19.0 Å². The van der Waals surface area contributed by atoms with E-state index in [0.29, 0.717) is 46.0 Å². The van der Waals surface area contributed by atoms with Crippen LogP contribution in [0.5, 0.6) is 11.5 Å². The van der Waals surface area contributed by atoms with Gasteiger partial charge in [0, 0.05) is 13.1 Å². The molecule has 6 nitrogen and oxygen atoms in total. The number of hydrogen-bond acceptors (Lipinski definition) is 5. The van der Waals surface area contributed by atoms with Crippen molar-refractivity contribution in [3.63, 3.8) is 0 Å². The van der Waals surface area contributed by atoms with E-state index in [1.165, 1.54) is 5.56 Å². The van der Waals surface area contributed by atoms with Gasteiger partial charge in [0.25, 0.3) is 5.91 Å². The molecule has 28 heavy (non-hydrogen) atoms. The Kier molecular flexibility index (Phi) is 5.67. The van der Waals surface area contributed by atoms with Gasteiger partial charge in [-0.2, -0.15) is 0 Å². The molecule has 0 spiro atoms. The summed E-state index contributed by atoms with van der Waals surface area (Å²) in [7, 11) is 0. The van der Waals surface area contributed by atoms with Crippen molar-refractivity contribution in [2.24, 2.45) is 0 Å². The van der Waals surface area contributed by atoms with Gasteiger partial charge in [-0.1, -0.05) is 29.8 Å². The fourth-order valence-corrected chi connectivity index (χ4v) is 3.54. The summed E-state index contributed by atoms with van der Waals surface area (Å²) < 4.78 is 17.3. The average molecular weight is 382 g/mol. The van der Waals surface area contributed by atoms with E-state index in [1.54, 1.807) is 0 Å². The molecule has 1 atom stereocenters. The van der Waals surface area contributed by atoms with Crippen LogP contribution in [0.3, 0.4) is 0 Å². The van der Waals surface area contributed by atoms with Crippen LogP contribution in [0.1, 0.15) is 5.56 Å². The minimum absolute atomic E-state index is 0.0299. The zero-order valence-corrected chi connectivity index (χ0v) is 16.2. The second-order valence-electron chi connectivity index (χ2n) is 7.12. The van der Waals surface area contributed by atoms with Crippen LogP contribution < -0.4 is 14.4 Å². The standard InChI is InChI=1S/C22H26N2O4/c1-17-6-8-18(9-7-17)27-15-12-24-16-21(22(25)23-10-13-26-14-11-23)28-20-5-3-2-4-19(20)24/h2-9,21H,10-16H2,1H3. The van der Waals surface area contributed by atoms with E-state index in [2.05, 4.69) is 11.8 Å². The highest BCUT2D eigenvalue weighted by Crippen LogP contribution is 2.33. The number of benzene rings is 2. The molecule has 1 amide bonds. The van der Waals surface area contributed by atoms with Gasteiger partial charge >= 0.3 is 0 Å². The number of carbonyl (C=O) groups excluding carboxylic acids is 1. The Morgan fingerprint density at radius 3 is 2.64 bits per heavy atom. The van der Waals surface area contributed by atoms with Gasteiger partial charge in [0.05, 0.1) is 32.0 Å². The van der Waals surface area contributed by atoms with Gasteiger partial charge in [0.2, 0.25) is 0 Å². The maximum Gasteiger partial charge on any atom is 0.265 e. The summed E-state index contributed by atoms with van der Waals surface area (Å²) in [6.07, 6.45) is -0.507. The van der Waals surface area contributed by atoms with E-state index >= 15 is 0 Å². The van der Waals surface area contributed by atoms with E-state index in [4.69, 9.17) is 14.2 Å². The summed E-state index contributed by atoms with van der Waals surface area (Å²) in [5.74, 6) is 1.63. The fraction of sp³-hybridized carbons (Fsp3) is 0.409. The van der Waals surface area contributed by atoms with Crippen molar-refractivity contribution in [2.75, 3.05) is 50.9 Å². The third kappa shape index (κ3) is 4.22. The highest BCUT2D eigenvalue weighted by molar-refractivity contribution is 5.83. The molecule has 2 heterocycles. The maximum atomic E-state index is 12.9. The zero-order valence-electron chi connectivity index (χ0n) is 16.2. The zero-order chi connectivity index (χ0) is 19.3. The first-order valence-electron chi connectivity index (χ1n) is 9.77.